The maximum Gasteiger partial charge on any atom is 0.396 e. The highest BCUT2D eigenvalue weighted by molar-refractivity contribution is 5.77. The van der Waals surface area contributed by atoms with Crippen LogP contribution in [0.1, 0.15) is 55.1 Å². The predicted octanol–water partition coefficient (Wildman–Crippen LogP) is 5.40. The number of hydrogen-bond donors (Lipinski definition) is 2. The summed E-state index contributed by atoms with van der Waals surface area (Å²) >= 11 is 0. The van der Waals surface area contributed by atoms with Gasteiger partial charge in [0.05, 0.1) is 18.4 Å². The SMILES string of the molecule is CCN(C#Cc1cc2cnc(Nc3ccc(C4CCNCC4)cc3)nc2n(Cc2ccoc2CC(F)(F)F)c1=O)CC. The number of pyridine rings is 1. The molecule has 0 bridgehead atoms. The molecule has 5 rings (SSSR count). The summed E-state index contributed by atoms with van der Waals surface area (Å²) in [5, 5.41) is 7.11. The van der Waals surface area contributed by atoms with E-state index in [1.165, 1.54) is 22.5 Å². The van der Waals surface area contributed by atoms with Crippen molar-refractivity contribution >= 4 is 22.7 Å². The Balaban J connectivity index is 1.51. The number of benzene rings is 1. The van der Waals surface area contributed by atoms with Gasteiger partial charge in [0.2, 0.25) is 5.95 Å². The van der Waals surface area contributed by atoms with Crippen LogP contribution in [0.2, 0.25) is 0 Å². The van der Waals surface area contributed by atoms with Crippen LogP contribution in [0.3, 0.4) is 0 Å². The summed E-state index contributed by atoms with van der Waals surface area (Å²) in [6, 6.07) is 14.2. The fraction of sp³-hybridized carbons (Fsp3) is 0.387. The van der Waals surface area contributed by atoms with Crippen molar-refractivity contribution in [1.82, 2.24) is 24.8 Å². The van der Waals surface area contributed by atoms with Crippen molar-refractivity contribution in [3.8, 4) is 12.0 Å². The number of rotatable bonds is 8. The van der Waals surface area contributed by atoms with Crippen molar-refractivity contribution in [2.24, 2.45) is 0 Å². The van der Waals surface area contributed by atoms with Crippen molar-refractivity contribution in [1.29, 1.82) is 0 Å². The third kappa shape index (κ3) is 6.94. The van der Waals surface area contributed by atoms with Gasteiger partial charge in [0.15, 0.2) is 0 Å². The minimum Gasteiger partial charge on any atom is -0.469 e. The standard InChI is InChI=1S/C31H33F3N6O2/c1-3-39(4-2)15-11-23-17-25-19-36-30(37-26-7-5-21(6-8-26)22-9-13-35-14-10-22)38-28(25)40(29(23)41)20-24-12-16-42-27(24)18-31(32,33)34/h5-8,12,16-17,19,22,35H,3-4,9-10,13-14,18,20H2,1-2H3,(H,36,37,38). The molecule has 0 aliphatic carbocycles. The third-order valence-electron chi connectivity index (χ3n) is 7.44. The summed E-state index contributed by atoms with van der Waals surface area (Å²) in [7, 11) is 0. The molecule has 220 valence electrons. The number of alkyl halides is 3. The quantitative estimate of drug-likeness (QED) is 0.214. The monoisotopic (exact) mass is 578 g/mol. The molecule has 1 aromatic carbocycles. The average molecular weight is 579 g/mol. The molecule has 1 fully saturated rings. The minimum absolute atomic E-state index is 0.167. The van der Waals surface area contributed by atoms with Gasteiger partial charge in [-0.2, -0.15) is 18.2 Å². The maximum absolute atomic E-state index is 13.7. The highest BCUT2D eigenvalue weighted by Crippen LogP contribution is 2.28. The lowest BCUT2D eigenvalue weighted by Gasteiger charge is -2.23. The van der Waals surface area contributed by atoms with Crippen LogP contribution in [-0.4, -0.2) is 51.8 Å². The molecule has 8 nitrogen and oxygen atoms in total. The number of fused-ring (bicyclic) bond motifs is 1. The van der Waals surface area contributed by atoms with Crippen molar-refractivity contribution < 1.29 is 17.6 Å². The second-order valence-corrected chi connectivity index (χ2v) is 10.3. The lowest BCUT2D eigenvalue weighted by Crippen LogP contribution is -2.26. The van der Waals surface area contributed by atoms with Gasteiger partial charge in [0.25, 0.3) is 5.56 Å². The van der Waals surface area contributed by atoms with Gasteiger partial charge in [-0.15, -0.1) is 0 Å². The first-order chi connectivity index (χ1) is 20.2. The minimum atomic E-state index is -4.46. The van der Waals surface area contributed by atoms with E-state index in [4.69, 9.17) is 4.42 Å². The van der Waals surface area contributed by atoms with Gasteiger partial charge < -0.3 is 20.0 Å². The van der Waals surface area contributed by atoms with Gasteiger partial charge >= 0.3 is 6.18 Å². The van der Waals surface area contributed by atoms with Gasteiger partial charge in [-0.3, -0.25) is 9.36 Å². The smallest absolute Gasteiger partial charge is 0.396 e. The molecule has 0 atom stereocenters. The van der Waals surface area contributed by atoms with E-state index < -0.39 is 18.2 Å². The zero-order valence-corrected chi connectivity index (χ0v) is 23.6. The summed E-state index contributed by atoms with van der Waals surface area (Å²) in [5.74, 6) is 3.47. The number of piperidine rings is 1. The fourth-order valence-electron chi connectivity index (χ4n) is 5.11. The maximum atomic E-state index is 13.7. The van der Waals surface area contributed by atoms with Crippen molar-refractivity contribution in [2.45, 2.75) is 51.7 Å². The molecule has 1 aliphatic rings. The molecule has 0 spiro atoms. The van der Waals surface area contributed by atoms with Gasteiger partial charge in [-0.05, 0) is 81.4 Å². The first kappa shape index (κ1) is 29.2. The Hall–Kier alpha value is -4.30. The summed E-state index contributed by atoms with van der Waals surface area (Å²) in [6.45, 7) is 7.13. The largest absolute Gasteiger partial charge is 0.469 e. The van der Waals surface area contributed by atoms with Crippen molar-refractivity contribution in [3.63, 3.8) is 0 Å². The van der Waals surface area contributed by atoms with Crippen LogP contribution in [0.15, 0.2) is 58.1 Å². The molecule has 11 heteroatoms. The van der Waals surface area contributed by atoms with Gasteiger partial charge in [-0.25, -0.2) is 4.98 Å². The molecule has 0 unspecified atom stereocenters. The third-order valence-corrected chi connectivity index (χ3v) is 7.44. The molecule has 4 heterocycles. The van der Waals surface area contributed by atoms with E-state index in [1.807, 2.05) is 30.9 Å². The zero-order valence-electron chi connectivity index (χ0n) is 23.6. The van der Waals surface area contributed by atoms with E-state index in [1.54, 1.807) is 12.3 Å². The Kier molecular flexibility index (Phi) is 8.83. The Bertz CT molecular complexity index is 1640. The van der Waals surface area contributed by atoms with E-state index in [-0.39, 0.29) is 35.0 Å². The van der Waals surface area contributed by atoms with Crippen LogP contribution in [0.25, 0.3) is 11.0 Å². The van der Waals surface area contributed by atoms with Crippen LogP contribution in [-0.2, 0) is 13.0 Å². The van der Waals surface area contributed by atoms with Crippen molar-refractivity contribution in [2.75, 3.05) is 31.5 Å². The number of nitrogens with zero attached hydrogens (tertiary/aromatic N) is 4. The Morgan fingerprint density at radius 2 is 1.88 bits per heavy atom. The van der Waals surface area contributed by atoms with Gasteiger partial charge in [0, 0.05) is 42.0 Å². The van der Waals surface area contributed by atoms with Crippen molar-refractivity contribution in [3.05, 3.63) is 81.7 Å². The molecule has 1 aliphatic heterocycles. The summed E-state index contributed by atoms with van der Waals surface area (Å²) < 4.78 is 46.0. The van der Waals surface area contributed by atoms with Crippen LogP contribution >= 0.6 is 0 Å². The first-order valence-corrected chi connectivity index (χ1v) is 14.1. The molecule has 0 saturated carbocycles. The number of anilines is 2. The number of hydrogen-bond acceptors (Lipinski definition) is 7. The summed E-state index contributed by atoms with van der Waals surface area (Å²) in [4.78, 5) is 24.6. The molecule has 2 N–H and O–H groups in total. The van der Waals surface area contributed by atoms with Gasteiger partial charge in [-0.1, -0.05) is 12.1 Å². The average Bonchev–Trinajstić information content (AvgIpc) is 3.41. The Morgan fingerprint density at radius 1 is 1.14 bits per heavy atom. The molecular weight excluding hydrogens is 545 g/mol. The highest BCUT2D eigenvalue weighted by Gasteiger charge is 2.31. The van der Waals surface area contributed by atoms with Crippen LogP contribution in [0.5, 0.6) is 0 Å². The number of nitrogens with one attached hydrogen (secondary N) is 2. The van der Waals surface area contributed by atoms with E-state index >= 15 is 0 Å². The van der Waals surface area contributed by atoms with Crippen LogP contribution in [0, 0.1) is 12.0 Å². The number of aromatic nitrogens is 3. The highest BCUT2D eigenvalue weighted by atomic mass is 19.4. The molecular formula is C31H33F3N6O2. The summed E-state index contributed by atoms with van der Waals surface area (Å²) in [6.07, 6.45) is -0.721. The van der Waals surface area contributed by atoms with E-state index in [2.05, 4.69) is 44.7 Å². The van der Waals surface area contributed by atoms with E-state index in [9.17, 15) is 18.0 Å². The molecule has 1 saturated heterocycles. The topological polar surface area (TPSA) is 88.2 Å². The second-order valence-electron chi connectivity index (χ2n) is 10.3. The Morgan fingerprint density at radius 3 is 2.57 bits per heavy atom. The Labute approximate surface area is 242 Å². The summed E-state index contributed by atoms with van der Waals surface area (Å²) in [5.41, 5.74) is 2.32. The molecule has 0 radical (unpaired) electrons. The van der Waals surface area contributed by atoms with Crippen LogP contribution in [0.4, 0.5) is 24.8 Å². The molecule has 3 aromatic heterocycles. The van der Waals surface area contributed by atoms with Crippen LogP contribution < -0.4 is 16.2 Å². The molecule has 42 heavy (non-hydrogen) atoms. The second kappa shape index (κ2) is 12.7. The first-order valence-electron chi connectivity index (χ1n) is 14.1. The normalized spacial score (nSPS) is 14.0. The predicted molar refractivity (Wildman–Crippen MR) is 156 cm³/mol. The number of furan rings is 1. The lowest BCUT2D eigenvalue weighted by molar-refractivity contribution is -0.130. The van der Waals surface area contributed by atoms with E-state index in [0.29, 0.717) is 24.4 Å². The van der Waals surface area contributed by atoms with Gasteiger partial charge in [0.1, 0.15) is 17.8 Å². The lowest BCUT2D eigenvalue weighted by atomic mass is 9.90. The molecule has 0 amide bonds. The number of halogens is 3. The fourth-order valence-corrected chi connectivity index (χ4v) is 5.11. The zero-order chi connectivity index (χ0) is 29.7. The van der Waals surface area contributed by atoms with E-state index in [0.717, 1.165) is 31.6 Å². The molecule has 4 aromatic rings.